The number of nitrogens with zero attached hydrogens (tertiary/aromatic N) is 2. The minimum absolute atomic E-state index is 0.193. The fourth-order valence-electron chi connectivity index (χ4n) is 1.74. The van der Waals surface area contributed by atoms with Gasteiger partial charge in [-0.15, -0.1) is 0 Å². The van der Waals surface area contributed by atoms with Gasteiger partial charge >= 0.3 is 0 Å². The summed E-state index contributed by atoms with van der Waals surface area (Å²) in [6.07, 6.45) is 0. The van der Waals surface area contributed by atoms with Crippen LogP contribution in [0.5, 0.6) is 0 Å². The summed E-state index contributed by atoms with van der Waals surface area (Å²) in [7, 11) is 0. The molecule has 0 aliphatic carbocycles. The Balaban J connectivity index is 2.52. The smallest absolute Gasteiger partial charge is 0.127 e. The maximum Gasteiger partial charge on any atom is 0.127 e. The highest BCUT2D eigenvalue weighted by Crippen LogP contribution is 2.16. The molecule has 0 atom stereocenters. The third kappa shape index (κ3) is 1.84. The van der Waals surface area contributed by atoms with E-state index in [-0.39, 0.29) is 12.4 Å². The fraction of sp³-hybridized carbons (Fsp3) is 0.250. The van der Waals surface area contributed by atoms with Crippen molar-refractivity contribution in [3.05, 3.63) is 47.0 Å². The van der Waals surface area contributed by atoms with E-state index in [0.717, 1.165) is 17.1 Å². The van der Waals surface area contributed by atoms with Crippen LogP contribution in [0.1, 0.15) is 17.0 Å². The first-order valence-electron chi connectivity index (χ1n) is 5.14. The molecule has 84 valence electrons. The second-order valence-corrected chi connectivity index (χ2v) is 3.82. The van der Waals surface area contributed by atoms with Crippen molar-refractivity contribution in [1.82, 2.24) is 9.78 Å². The predicted octanol–water partition coefficient (Wildman–Crippen LogP) is 2.09. The maximum atomic E-state index is 13.3. The van der Waals surface area contributed by atoms with Gasteiger partial charge in [0.2, 0.25) is 0 Å². The Morgan fingerprint density at radius 1 is 1.31 bits per heavy atom. The zero-order valence-corrected chi connectivity index (χ0v) is 9.37. The predicted molar refractivity (Wildman–Crippen MR) is 60.9 cm³/mol. The van der Waals surface area contributed by atoms with E-state index in [0.29, 0.717) is 5.56 Å². The summed E-state index contributed by atoms with van der Waals surface area (Å²) in [4.78, 5) is 0. The lowest BCUT2D eigenvalue weighted by Crippen LogP contribution is -2.04. The Morgan fingerprint density at radius 3 is 2.62 bits per heavy atom. The van der Waals surface area contributed by atoms with E-state index in [1.165, 1.54) is 6.07 Å². The first-order chi connectivity index (χ1) is 7.61. The molecule has 0 radical (unpaired) electrons. The van der Waals surface area contributed by atoms with Crippen LogP contribution in [-0.2, 0) is 6.54 Å². The zero-order chi connectivity index (χ0) is 11.7. The number of hydrogen-bond acceptors (Lipinski definition) is 2. The summed E-state index contributed by atoms with van der Waals surface area (Å²) < 4.78 is 15.1. The molecule has 1 aromatic carbocycles. The average molecular weight is 219 g/mol. The lowest BCUT2D eigenvalue weighted by molar-refractivity contribution is 0.609. The van der Waals surface area contributed by atoms with Gasteiger partial charge < -0.3 is 5.73 Å². The Kier molecular flexibility index (Phi) is 2.75. The van der Waals surface area contributed by atoms with Crippen LogP contribution in [0.25, 0.3) is 5.69 Å². The highest BCUT2D eigenvalue weighted by atomic mass is 19.1. The topological polar surface area (TPSA) is 43.8 Å². The normalized spacial score (nSPS) is 10.8. The number of nitrogens with two attached hydrogens (primary N) is 1. The molecule has 2 rings (SSSR count). The summed E-state index contributed by atoms with van der Waals surface area (Å²) in [5, 5.41) is 4.34. The second kappa shape index (κ2) is 4.06. The summed E-state index contributed by atoms with van der Waals surface area (Å²) in [5.41, 5.74) is 8.78. The molecule has 0 spiro atoms. The second-order valence-electron chi connectivity index (χ2n) is 3.82. The number of aromatic nitrogens is 2. The standard InChI is InChI=1S/C12H14FN3/c1-8-5-9(2)16(15-8)11-3-4-12(13)10(6-11)7-14/h3-6H,7,14H2,1-2H3. The molecule has 0 saturated carbocycles. The van der Waals surface area contributed by atoms with Gasteiger partial charge in [-0.25, -0.2) is 9.07 Å². The molecule has 0 aliphatic heterocycles. The highest BCUT2D eigenvalue weighted by molar-refractivity contribution is 5.37. The molecule has 16 heavy (non-hydrogen) atoms. The van der Waals surface area contributed by atoms with Gasteiger partial charge in [-0.05, 0) is 38.1 Å². The largest absolute Gasteiger partial charge is 0.326 e. The van der Waals surface area contributed by atoms with Crippen LogP contribution in [-0.4, -0.2) is 9.78 Å². The number of hydrogen-bond donors (Lipinski definition) is 1. The lowest BCUT2D eigenvalue weighted by atomic mass is 10.2. The van der Waals surface area contributed by atoms with Gasteiger partial charge in [0, 0.05) is 17.8 Å². The van der Waals surface area contributed by atoms with E-state index in [9.17, 15) is 4.39 Å². The summed E-state index contributed by atoms with van der Waals surface area (Å²) in [5.74, 6) is -0.271. The molecule has 0 unspecified atom stereocenters. The first kappa shape index (κ1) is 10.8. The van der Waals surface area contributed by atoms with Crippen molar-refractivity contribution in [1.29, 1.82) is 0 Å². The molecule has 4 heteroatoms. The van der Waals surface area contributed by atoms with Crippen molar-refractivity contribution in [2.75, 3.05) is 0 Å². The minimum Gasteiger partial charge on any atom is -0.326 e. The number of halogens is 1. The van der Waals surface area contributed by atoms with E-state index in [2.05, 4.69) is 5.10 Å². The molecule has 1 aromatic heterocycles. The van der Waals surface area contributed by atoms with E-state index in [1.807, 2.05) is 19.9 Å². The maximum absolute atomic E-state index is 13.3. The minimum atomic E-state index is -0.271. The lowest BCUT2D eigenvalue weighted by Gasteiger charge is -2.07. The molecular weight excluding hydrogens is 205 g/mol. The third-order valence-corrected chi connectivity index (χ3v) is 2.50. The van der Waals surface area contributed by atoms with Crippen LogP contribution in [0.4, 0.5) is 4.39 Å². The van der Waals surface area contributed by atoms with E-state index >= 15 is 0 Å². The van der Waals surface area contributed by atoms with Gasteiger partial charge in [-0.1, -0.05) is 0 Å². The number of aryl methyl sites for hydroxylation is 2. The van der Waals surface area contributed by atoms with Gasteiger partial charge in [0.05, 0.1) is 11.4 Å². The monoisotopic (exact) mass is 219 g/mol. The van der Waals surface area contributed by atoms with Gasteiger partial charge in [-0.2, -0.15) is 5.10 Å². The van der Waals surface area contributed by atoms with Crippen LogP contribution < -0.4 is 5.73 Å². The highest BCUT2D eigenvalue weighted by Gasteiger charge is 2.06. The van der Waals surface area contributed by atoms with Gasteiger partial charge in [0.1, 0.15) is 5.82 Å². The van der Waals surface area contributed by atoms with E-state index in [4.69, 9.17) is 5.73 Å². The summed E-state index contributed by atoms with van der Waals surface area (Å²) in [6, 6.07) is 6.84. The average Bonchev–Trinajstić information content (AvgIpc) is 2.59. The number of rotatable bonds is 2. The van der Waals surface area contributed by atoms with Gasteiger partial charge in [0.25, 0.3) is 0 Å². The van der Waals surface area contributed by atoms with E-state index in [1.54, 1.807) is 16.8 Å². The Morgan fingerprint density at radius 2 is 2.06 bits per heavy atom. The number of benzene rings is 1. The van der Waals surface area contributed by atoms with Crippen molar-refractivity contribution < 1.29 is 4.39 Å². The molecule has 0 amide bonds. The Labute approximate surface area is 93.7 Å². The molecule has 0 bridgehead atoms. The molecule has 2 aromatic rings. The van der Waals surface area contributed by atoms with Crippen LogP contribution in [0.2, 0.25) is 0 Å². The quantitative estimate of drug-likeness (QED) is 0.840. The van der Waals surface area contributed by atoms with Crippen molar-refractivity contribution in [2.24, 2.45) is 5.73 Å². The summed E-state index contributed by atoms with van der Waals surface area (Å²) in [6.45, 7) is 4.08. The molecule has 0 fully saturated rings. The van der Waals surface area contributed by atoms with Crippen molar-refractivity contribution in [2.45, 2.75) is 20.4 Å². The van der Waals surface area contributed by atoms with Gasteiger partial charge in [0.15, 0.2) is 0 Å². The van der Waals surface area contributed by atoms with E-state index < -0.39 is 0 Å². The zero-order valence-electron chi connectivity index (χ0n) is 9.37. The third-order valence-electron chi connectivity index (χ3n) is 2.50. The first-order valence-corrected chi connectivity index (χ1v) is 5.14. The van der Waals surface area contributed by atoms with Gasteiger partial charge in [-0.3, -0.25) is 0 Å². The fourth-order valence-corrected chi connectivity index (χ4v) is 1.74. The van der Waals surface area contributed by atoms with Crippen LogP contribution in [0.3, 0.4) is 0 Å². The van der Waals surface area contributed by atoms with Crippen LogP contribution >= 0.6 is 0 Å². The molecular formula is C12H14FN3. The molecule has 0 saturated heterocycles. The van der Waals surface area contributed by atoms with Crippen molar-refractivity contribution in [3.63, 3.8) is 0 Å². The van der Waals surface area contributed by atoms with Crippen LogP contribution in [0, 0.1) is 19.7 Å². The summed E-state index contributed by atoms with van der Waals surface area (Å²) >= 11 is 0. The molecule has 2 N–H and O–H groups in total. The van der Waals surface area contributed by atoms with Crippen molar-refractivity contribution in [3.8, 4) is 5.69 Å². The Bertz CT molecular complexity index is 517. The molecule has 3 nitrogen and oxygen atoms in total. The van der Waals surface area contributed by atoms with Crippen molar-refractivity contribution >= 4 is 0 Å². The van der Waals surface area contributed by atoms with Crippen LogP contribution in [0.15, 0.2) is 24.3 Å². The molecule has 1 heterocycles. The Hall–Kier alpha value is -1.68. The SMILES string of the molecule is Cc1cc(C)n(-c2ccc(F)c(CN)c2)n1. The molecule has 0 aliphatic rings.